The van der Waals surface area contributed by atoms with E-state index >= 15 is 0 Å². The van der Waals surface area contributed by atoms with Gasteiger partial charge in [0.25, 0.3) is 0 Å². The van der Waals surface area contributed by atoms with Crippen molar-refractivity contribution in [3.05, 3.63) is 35.1 Å². The molecule has 0 unspecified atom stereocenters. The van der Waals surface area contributed by atoms with Gasteiger partial charge >= 0.3 is 0 Å². The molecule has 0 fully saturated rings. The number of sulfonamides is 1. The molecule has 0 atom stereocenters. The molecule has 0 saturated carbocycles. The lowest BCUT2D eigenvalue weighted by atomic mass is 10.4. The second-order valence-electron chi connectivity index (χ2n) is 4.22. The maximum absolute atomic E-state index is 12.1. The summed E-state index contributed by atoms with van der Waals surface area (Å²) in [5, 5.41) is 3.17. The third-order valence-electron chi connectivity index (χ3n) is 2.55. The van der Waals surface area contributed by atoms with Gasteiger partial charge in [-0.2, -0.15) is 0 Å². The van der Waals surface area contributed by atoms with Crippen LogP contribution in [0.25, 0.3) is 0 Å². The zero-order valence-electron chi connectivity index (χ0n) is 11.6. The van der Waals surface area contributed by atoms with Crippen LogP contribution in [-0.2, 0) is 16.6 Å². The van der Waals surface area contributed by atoms with Crippen LogP contribution in [0.15, 0.2) is 27.8 Å². The van der Waals surface area contributed by atoms with E-state index in [0.29, 0.717) is 24.0 Å². The zero-order valence-corrected chi connectivity index (χ0v) is 13.1. The van der Waals surface area contributed by atoms with Gasteiger partial charge < -0.3 is 9.73 Å². The summed E-state index contributed by atoms with van der Waals surface area (Å²) in [5.74, 6) is 1.35. The van der Waals surface area contributed by atoms with Crippen molar-refractivity contribution in [2.75, 3.05) is 11.9 Å². The smallest absolute Gasteiger partial charge is 0.242 e. The summed E-state index contributed by atoms with van der Waals surface area (Å²) < 4.78 is 31.8. The molecule has 0 saturated heterocycles. The Labute approximate surface area is 127 Å². The molecule has 0 aromatic carbocycles. The summed E-state index contributed by atoms with van der Waals surface area (Å²) in [7, 11) is -3.73. The molecule has 2 N–H and O–H groups in total. The highest BCUT2D eigenvalue weighted by molar-refractivity contribution is 7.89. The molecule has 2 aromatic heterocycles. The number of nitrogens with one attached hydrogen (secondary N) is 2. The van der Waals surface area contributed by atoms with E-state index in [1.54, 1.807) is 6.92 Å². The second-order valence-corrected chi connectivity index (χ2v) is 6.40. The minimum atomic E-state index is -3.73. The molecule has 0 aliphatic rings. The summed E-state index contributed by atoms with van der Waals surface area (Å²) in [4.78, 5) is 7.90. The fourth-order valence-electron chi connectivity index (χ4n) is 1.59. The first-order chi connectivity index (χ1) is 9.92. The summed E-state index contributed by atoms with van der Waals surface area (Å²) in [6.45, 7) is 4.22. The first kappa shape index (κ1) is 15.7. The number of rotatable bonds is 6. The molecule has 0 amide bonds. The zero-order chi connectivity index (χ0) is 15.5. The number of anilines is 1. The fourth-order valence-corrected chi connectivity index (χ4v) is 2.83. The Balaban J connectivity index is 2.13. The number of hydrogen-bond donors (Lipinski definition) is 2. The third-order valence-corrected chi connectivity index (χ3v) is 4.21. The molecule has 9 heteroatoms. The minimum Gasteiger partial charge on any atom is -0.445 e. The van der Waals surface area contributed by atoms with Gasteiger partial charge in [0.15, 0.2) is 0 Å². The van der Waals surface area contributed by atoms with E-state index in [1.165, 1.54) is 18.5 Å². The first-order valence-electron chi connectivity index (χ1n) is 6.22. The Bertz CT molecular complexity index is 730. The standard InChI is InChI=1S/C12H15ClN4O3S/c1-3-14-12-10(13)4-9(6-16-12)21(18,19)17-7-11-15-5-8(2)20-11/h4-6,17H,3,7H2,1-2H3,(H,14,16). The fraction of sp³-hybridized carbons (Fsp3) is 0.333. The van der Waals surface area contributed by atoms with Gasteiger partial charge in [0, 0.05) is 12.7 Å². The number of halogens is 1. The topological polar surface area (TPSA) is 97.1 Å². The predicted molar refractivity (Wildman–Crippen MR) is 78.7 cm³/mol. The van der Waals surface area contributed by atoms with Gasteiger partial charge in [-0.25, -0.2) is 23.1 Å². The molecular formula is C12H15ClN4O3S. The van der Waals surface area contributed by atoms with Crippen LogP contribution in [-0.4, -0.2) is 24.9 Å². The summed E-state index contributed by atoms with van der Waals surface area (Å²) in [6.07, 6.45) is 2.76. The largest absolute Gasteiger partial charge is 0.445 e. The molecule has 0 radical (unpaired) electrons. The SMILES string of the molecule is CCNc1ncc(S(=O)(=O)NCc2ncc(C)o2)cc1Cl. The number of oxazole rings is 1. The van der Waals surface area contributed by atoms with Gasteiger partial charge in [-0.3, -0.25) is 0 Å². The number of hydrogen-bond acceptors (Lipinski definition) is 6. The highest BCUT2D eigenvalue weighted by Crippen LogP contribution is 2.22. The Hall–Kier alpha value is -1.64. The van der Waals surface area contributed by atoms with Crippen LogP contribution in [0.1, 0.15) is 18.6 Å². The van der Waals surface area contributed by atoms with Crippen LogP contribution in [0.4, 0.5) is 5.82 Å². The normalized spacial score (nSPS) is 11.6. The molecule has 7 nitrogen and oxygen atoms in total. The Kier molecular flexibility index (Phi) is 4.81. The quantitative estimate of drug-likeness (QED) is 0.840. The van der Waals surface area contributed by atoms with Crippen LogP contribution < -0.4 is 10.0 Å². The maximum atomic E-state index is 12.1. The number of aromatic nitrogens is 2. The van der Waals surface area contributed by atoms with E-state index in [0.717, 1.165) is 0 Å². The Morgan fingerprint density at radius 3 is 2.67 bits per heavy atom. The second kappa shape index (κ2) is 6.42. The average molecular weight is 331 g/mol. The first-order valence-corrected chi connectivity index (χ1v) is 8.09. The van der Waals surface area contributed by atoms with Gasteiger partial charge in [0.2, 0.25) is 15.9 Å². The highest BCUT2D eigenvalue weighted by Gasteiger charge is 2.17. The molecule has 0 bridgehead atoms. The van der Waals surface area contributed by atoms with Crippen molar-refractivity contribution in [2.24, 2.45) is 0 Å². The molecular weight excluding hydrogens is 316 g/mol. The van der Waals surface area contributed by atoms with Gasteiger partial charge in [-0.1, -0.05) is 11.6 Å². The van der Waals surface area contributed by atoms with Crippen molar-refractivity contribution in [2.45, 2.75) is 25.3 Å². The van der Waals surface area contributed by atoms with Crippen molar-refractivity contribution in [1.82, 2.24) is 14.7 Å². The van der Waals surface area contributed by atoms with Crippen LogP contribution in [0, 0.1) is 6.92 Å². The highest BCUT2D eigenvalue weighted by atomic mass is 35.5. The molecule has 2 aromatic rings. The molecule has 2 heterocycles. The van der Waals surface area contributed by atoms with E-state index in [2.05, 4.69) is 20.0 Å². The summed E-state index contributed by atoms with van der Waals surface area (Å²) in [5.41, 5.74) is 0. The molecule has 2 rings (SSSR count). The predicted octanol–water partition coefficient (Wildman–Crippen LogP) is 1.94. The lowest BCUT2D eigenvalue weighted by molar-refractivity contribution is 0.463. The van der Waals surface area contributed by atoms with E-state index in [9.17, 15) is 8.42 Å². The lowest BCUT2D eigenvalue weighted by Crippen LogP contribution is -2.23. The summed E-state index contributed by atoms with van der Waals surface area (Å²) >= 11 is 5.99. The lowest BCUT2D eigenvalue weighted by Gasteiger charge is -2.08. The van der Waals surface area contributed by atoms with Crippen molar-refractivity contribution >= 4 is 27.4 Å². The van der Waals surface area contributed by atoms with Crippen molar-refractivity contribution < 1.29 is 12.8 Å². The Morgan fingerprint density at radius 1 is 1.33 bits per heavy atom. The minimum absolute atomic E-state index is 0.0163. The van der Waals surface area contributed by atoms with Crippen LogP contribution in [0.3, 0.4) is 0 Å². The van der Waals surface area contributed by atoms with Crippen molar-refractivity contribution in [1.29, 1.82) is 0 Å². The summed E-state index contributed by atoms with van der Waals surface area (Å²) in [6, 6.07) is 1.34. The number of pyridine rings is 1. The third kappa shape index (κ3) is 3.93. The monoisotopic (exact) mass is 330 g/mol. The van der Waals surface area contributed by atoms with E-state index < -0.39 is 10.0 Å². The molecule has 21 heavy (non-hydrogen) atoms. The van der Waals surface area contributed by atoms with Gasteiger partial charge in [0.05, 0.1) is 17.8 Å². The molecule has 0 spiro atoms. The molecule has 0 aliphatic carbocycles. The van der Waals surface area contributed by atoms with Gasteiger partial charge in [0.1, 0.15) is 16.5 Å². The molecule has 0 aliphatic heterocycles. The van der Waals surface area contributed by atoms with Crippen LogP contribution in [0.2, 0.25) is 5.02 Å². The van der Waals surface area contributed by atoms with Gasteiger partial charge in [-0.05, 0) is 19.9 Å². The van der Waals surface area contributed by atoms with Crippen LogP contribution >= 0.6 is 11.6 Å². The van der Waals surface area contributed by atoms with Crippen molar-refractivity contribution in [3.63, 3.8) is 0 Å². The average Bonchev–Trinajstić information content (AvgIpc) is 2.85. The molecule has 114 valence electrons. The van der Waals surface area contributed by atoms with Crippen LogP contribution in [0.5, 0.6) is 0 Å². The number of aryl methyl sites for hydroxylation is 1. The van der Waals surface area contributed by atoms with Crippen molar-refractivity contribution in [3.8, 4) is 0 Å². The van der Waals surface area contributed by atoms with E-state index in [-0.39, 0.29) is 16.5 Å². The van der Waals surface area contributed by atoms with E-state index in [1.807, 2.05) is 6.92 Å². The Morgan fingerprint density at radius 2 is 2.10 bits per heavy atom. The maximum Gasteiger partial charge on any atom is 0.242 e. The number of nitrogens with zero attached hydrogens (tertiary/aromatic N) is 2. The van der Waals surface area contributed by atoms with Gasteiger partial charge in [-0.15, -0.1) is 0 Å². The van der Waals surface area contributed by atoms with E-state index in [4.69, 9.17) is 16.0 Å².